The van der Waals surface area contributed by atoms with Crippen molar-refractivity contribution in [3.05, 3.63) is 11.1 Å². The van der Waals surface area contributed by atoms with Gasteiger partial charge in [0, 0.05) is 25.4 Å². The van der Waals surface area contributed by atoms with Gasteiger partial charge < -0.3 is 10.1 Å². The van der Waals surface area contributed by atoms with Crippen molar-refractivity contribution in [2.45, 2.75) is 103 Å². The van der Waals surface area contributed by atoms with Crippen molar-refractivity contribution in [1.82, 2.24) is 9.62 Å². The Kier molecular flexibility index (Phi) is 5.74. The molecule has 1 amide bonds. The van der Waals surface area contributed by atoms with E-state index in [1.54, 1.807) is 11.1 Å². The molecule has 3 saturated heterocycles. The Balaban J connectivity index is 1.28. The lowest BCUT2D eigenvalue weighted by atomic mass is 9.55. The molecule has 9 atom stereocenters. The average molecular weight is 473 g/mol. The van der Waals surface area contributed by atoms with Crippen LogP contribution in [0.5, 0.6) is 0 Å². The van der Waals surface area contributed by atoms with Crippen LogP contribution in [-0.2, 0) is 9.53 Å². The number of carbonyl (C=O) groups excluding carboxylic acids is 1. The van der Waals surface area contributed by atoms with E-state index in [0.29, 0.717) is 29.4 Å². The number of amides is 1. The standard InChI is InChI=1S/C28H44N2O2S/c1-17-15-28(18(2)26-24(32-28)6-5-13-30(26)33-4)12-9-20-21-8-7-19-16-29-25(31)10-11-27(19,3)23(21)14-22(17)20/h18-21,23-24,26H,5-16H2,1-4H3,(H,29,31)/t18?,19?,20?,21?,23?,24?,26?,27?,28-/m0/s1. The van der Waals surface area contributed by atoms with E-state index in [4.69, 9.17) is 4.74 Å². The Morgan fingerprint density at radius 3 is 2.85 bits per heavy atom. The number of nitrogens with zero attached hydrogens (tertiary/aromatic N) is 1. The zero-order chi connectivity index (χ0) is 23.0. The Morgan fingerprint density at radius 1 is 1.18 bits per heavy atom. The highest BCUT2D eigenvalue weighted by Crippen LogP contribution is 2.64. The predicted octanol–water partition coefficient (Wildman–Crippen LogP) is 5.58. The van der Waals surface area contributed by atoms with Crippen molar-refractivity contribution in [3.63, 3.8) is 0 Å². The largest absolute Gasteiger partial charge is 0.369 e. The number of rotatable bonds is 1. The van der Waals surface area contributed by atoms with Gasteiger partial charge in [-0.3, -0.25) is 4.79 Å². The molecule has 6 aliphatic rings. The molecule has 0 aromatic carbocycles. The summed E-state index contributed by atoms with van der Waals surface area (Å²) >= 11 is 1.94. The van der Waals surface area contributed by atoms with Crippen LogP contribution in [0.15, 0.2) is 11.1 Å². The summed E-state index contributed by atoms with van der Waals surface area (Å²) in [6.45, 7) is 9.62. The summed E-state index contributed by atoms with van der Waals surface area (Å²) in [5.41, 5.74) is 3.84. The fourth-order valence-corrected chi connectivity index (χ4v) is 10.5. The van der Waals surface area contributed by atoms with E-state index in [0.717, 1.165) is 43.6 Å². The normalized spacial score (nSPS) is 50.2. The maximum absolute atomic E-state index is 12.2. The van der Waals surface area contributed by atoms with Gasteiger partial charge in [0.1, 0.15) is 0 Å². The van der Waals surface area contributed by atoms with Crippen LogP contribution in [0.4, 0.5) is 0 Å². The number of allylic oxidation sites excluding steroid dienone is 1. The number of hydrogen-bond donors (Lipinski definition) is 1. The lowest BCUT2D eigenvalue weighted by molar-refractivity contribution is -0.121. The Labute approximate surface area is 205 Å². The third kappa shape index (κ3) is 3.42. The SMILES string of the molecule is CSN1CCCC2O[C@]3(CCC4C(=C(C)C3)CC3C4CCC4CNC(=O)CCC43C)C(C)C21. The summed E-state index contributed by atoms with van der Waals surface area (Å²) in [6, 6.07) is 0.586. The van der Waals surface area contributed by atoms with E-state index >= 15 is 0 Å². The van der Waals surface area contributed by atoms with Gasteiger partial charge in [-0.05, 0) is 100 Å². The third-order valence-corrected chi connectivity index (χ3v) is 12.4. The van der Waals surface area contributed by atoms with E-state index in [-0.39, 0.29) is 11.5 Å². The molecule has 0 aromatic rings. The first-order chi connectivity index (χ1) is 15.9. The van der Waals surface area contributed by atoms with Crippen molar-refractivity contribution in [1.29, 1.82) is 0 Å². The van der Waals surface area contributed by atoms with Gasteiger partial charge in [0.2, 0.25) is 5.91 Å². The van der Waals surface area contributed by atoms with Gasteiger partial charge in [-0.25, -0.2) is 4.31 Å². The molecule has 1 N–H and O–H groups in total. The molecule has 5 heteroatoms. The first-order valence-electron chi connectivity index (χ1n) is 13.8. The molecule has 3 aliphatic carbocycles. The summed E-state index contributed by atoms with van der Waals surface area (Å²) in [5.74, 6) is 3.89. The number of ether oxygens (including phenoxy) is 1. The van der Waals surface area contributed by atoms with Gasteiger partial charge in [0.05, 0.1) is 17.7 Å². The number of fused-ring (bicyclic) bond motifs is 6. The topological polar surface area (TPSA) is 41.6 Å². The van der Waals surface area contributed by atoms with Crippen molar-refractivity contribution >= 4 is 17.9 Å². The Bertz CT molecular complexity index is 844. The first kappa shape index (κ1) is 22.9. The Morgan fingerprint density at radius 2 is 2.03 bits per heavy atom. The Hall–Kier alpha value is -0.520. The van der Waals surface area contributed by atoms with E-state index < -0.39 is 0 Å². The van der Waals surface area contributed by atoms with Crippen LogP contribution in [-0.4, -0.2) is 47.3 Å². The number of hydrogen-bond acceptors (Lipinski definition) is 4. The van der Waals surface area contributed by atoms with E-state index in [1.165, 1.54) is 51.5 Å². The summed E-state index contributed by atoms with van der Waals surface area (Å²) < 4.78 is 9.73. The molecule has 3 heterocycles. The smallest absolute Gasteiger partial charge is 0.220 e. The zero-order valence-corrected chi connectivity index (χ0v) is 22.0. The fourth-order valence-electron chi connectivity index (χ4n) is 9.67. The second-order valence-corrected chi connectivity index (χ2v) is 13.5. The molecular weight excluding hydrogens is 428 g/mol. The molecular formula is C28H44N2O2S. The minimum absolute atomic E-state index is 0.0460. The summed E-state index contributed by atoms with van der Waals surface area (Å²) in [7, 11) is 0. The monoisotopic (exact) mass is 472 g/mol. The number of nitrogens with one attached hydrogen (secondary N) is 1. The van der Waals surface area contributed by atoms with Crippen LogP contribution in [0.2, 0.25) is 0 Å². The average Bonchev–Trinajstić information content (AvgIpc) is 3.21. The van der Waals surface area contributed by atoms with Crippen LogP contribution in [0.3, 0.4) is 0 Å². The van der Waals surface area contributed by atoms with Crippen molar-refractivity contribution in [2.75, 3.05) is 19.3 Å². The maximum Gasteiger partial charge on any atom is 0.220 e. The van der Waals surface area contributed by atoms with Gasteiger partial charge in [-0.1, -0.05) is 36.9 Å². The molecule has 33 heavy (non-hydrogen) atoms. The molecule has 5 fully saturated rings. The van der Waals surface area contributed by atoms with Gasteiger partial charge in [0.25, 0.3) is 0 Å². The highest BCUT2D eigenvalue weighted by molar-refractivity contribution is 7.96. The van der Waals surface area contributed by atoms with Crippen LogP contribution in [0, 0.1) is 35.0 Å². The maximum atomic E-state index is 12.2. The van der Waals surface area contributed by atoms with Crippen molar-refractivity contribution in [3.8, 4) is 0 Å². The fraction of sp³-hybridized carbons (Fsp3) is 0.893. The minimum Gasteiger partial charge on any atom is -0.369 e. The van der Waals surface area contributed by atoms with E-state index in [2.05, 4.69) is 36.6 Å². The summed E-state index contributed by atoms with van der Waals surface area (Å²) in [5, 5.41) is 3.23. The summed E-state index contributed by atoms with van der Waals surface area (Å²) in [6.07, 6.45) is 14.6. The highest BCUT2D eigenvalue weighted by Gasteiger charge is 2.59. The molecule has 6 rings (SSSR count). The predicted molar refractivity (Wildman–Crippen MR) is 135 cm³/mol. The molecule has 8 unspecified atom stereocenters. The number of piperidine rings is 1. The highest BCUT2D eigenvalue weighted by atomic mass is 32.2. The molecule has 2 saturated carbocycles. The van der Waals surface area contributed by atoms with E-state index in [9.17, 15) is 4.79 Å². The van der Waals surface area contributed by atoms with Gasteiger partial charge in [0.15, 0.2) is 0 Å². The molecule has 0 bridgehead atoms. The molecule has 4 nitrogen and oxygen atoms in total. The lowest BCUT2D eigenvalue weighted by Gasteiger charge is -2.49. The van der Waals surface area contributed by atoms with Gasteiger partial charge >= 0.3 is 0 Å². The van der Waals surface area contributed by atoms with Crippen molar-refractivity contribution in [2.24, 2.45) is 35.0 Å². The third-order valence-electron chi connectivity index (χ3n) is 11.5. The van der Waals surface area contributed by atoms with Crippen LogP contribution >= 0.6 is 11.9 Å². The van der Waals surface area contributed by atoms with Gasteiger partial charge in [-0.15, -0.1) is 0 Å². The molecule has 0 radical (unpaired) electrons. The molecule has 184 valence electrons. The van der Waals surface area contributed by atoms with Crippen molar-refractivity contribution < 1.29 is 9.53 Å². The van der Waals surface area contributed by atoms with Crippen LogP contribution in [0.25, 0.3) is 0 Å². The zero-order valence-electron chi connectivity index (χ0n) is 21.2. The number of carbonyl (C=O) groups is 1. The summed E-state index contributed by atoms with van der Waals surface area (Å²) in [4.78, 5) is 12.2. The first-order valence-corrected chi connectivity index (χ1v) is 15.0. The van der Waals surface area contributed by atoms with E-state index in [1.807, 2.05) is 11.9 Å². The molecule has 0 aromatic heterocycles. The second kappa shape index (κ2) is 8.27. The molecule has 3 aliphatic heterocycles. The quantitative estimate of drug-likeness (QED) is 0.399. The van der Waals surface area contributed by atoms with Crippen LogP contribution in [0.1, 0.15) is 85.0 Å². The van der Waals surface area contributed by atoms with Crippen LogP contribution < -0.4 is 5.32 Å². The second-order valence-electron chi connectivity index (χ2n) is 12.7. The lowest BCUT2D eigenvalue weighted by Crippen LogP contribution is -2.46. The minimum atomic E-state index is 0.0460. The molecule has 1 spiro atoms. The van der Waals surface area contributed by atoms with Gasteiger partial charge in [-0.2, -0.15) is 0 Å².